The van der Waals surface area contributed by atoms with E-state index in [1.165, 1.54) is 0 Å². The van der Waals surface area contributed by atoms with Gasteiger partial charge in [-0.05, 0) is 13.0 Å². The minimum Gasteiger partial charge on any atom is -0.395 e. The van der Waals surface area contributed by atoms with Crippen molar-refractivity contribution in [2.45, 2.75) is 6.92 Å². The van der Waals surface area contributed by atoms with Crippen molar-refractivity contribution < 1.29 is 9.84 Å². The summed E-state index contributed by atoms with van der Waals surface area (Å²) in [6.07, 6.45) is 1.71. The summed E-state index contributed by atoms with van der Waals surface area (Å²) in [6, 6.07) is 1.83. The predicted molar refractivity (Wildman–Crippen MR) is 67.4 cm³/mol. The van der Waals surface area contributed by atoms with Gasteiger partial charge in [-0.15, -0.1) is 0 Å². The normalized spacial score (nSPS) is 10.3. The Morgan fingerprint density at radius 3 is 2.94 bits per heavy atom. The molecule has 0 amide bonds. The van der Waals surface area contributed by atoms with Gasteiger partial charge in [0.2, 0.25) is 5.95 Å². The highest BCUT2D eigenvalue weighted by atomic mass is 16.5. The molecule has 2 N–H and O–H groups in total. The van der Waals surface area contributed by atoms with Crippen molar-refractivity contribution in [1.29, 1.82) is 0 Å². The van der Waals surface area contributed by atoms with Crippen LogP contribution in [0.4, 0.5) is 11.8 Å². The number of nitrogens with one attached hydrogen (secondary N) is 1. The fourth-order valence-corrected chi connectivity index (χ4v) is 1.43. The molecule has 0 unspecified atom stereocenters. The van der Waals surface area contributed by atoms with Crippen LogP contribution < -0.4 is 10.2 Å². The average molecular weight is 240 g/mol. The van der Waals surface area contributed by atoms with E-state index in [2.05, 4.69) is 15.3 Å². The fourth-order valence-electron chi connectivity index (χ4n) is 1.43. The molecule has 0 aromatic carbocycles. The Morgan fingerprint density at radius 2 is 2.29 bits per heavy atom. The van der Waals surface area contributed by atoms with Crippen LogP contribution in [0, 0.1) is 0 Å². The molecule has 0 saturated heterocycles. The van der Waals surface area contributed by atoms with Gasteiger partial charge in [0.15, 0.2) is 0 Å². The summed E-state index contributed by atoms with van der Waals surface area (Å²) in [7, 11) is 1.65. The van der Waals surface area contributed by atoms with E-state index in [1.54, 1.807) is 13.3 Å². The number of aliphatic hydroxyl groups excluding tert-OH is 1. The highest BCUT2D eigenvalue weighted by Crippen LogP contribution is 2.11. The molecule has 1 rings (SSSR count). The summed E-state index contributed by atoms with van der Waals surface area (Å²) in [6.45, 7) is 4.68. The van der Waals surface area contributed by atoms with Crippen LogP contribution in [0.15, 0.2) is 12.3 Å². The molecule has 96 valence electrons. The lowest BCUT2D eigenvalue weighted by Gasteiger charge is -2.22. The molecule has 0 saturated carbocycles. The largest absolute Gasteiger partial charge is 0.395 e. The van der Waals surface area contributed by atoms with E-state index in [0.29, 0.717) is 25.6 Å². The second-order valence-electron chi connectivity index (χ2n) is 3.47. The van der Waals surface area contributed by atoms with Crippen LogP contribution in [0.1, 0.15) is 6.92 Å². The molecule has 0 bridgehead atoms. The molecular weight excluding hydrogens is 220 g/mol. The first-order valence-electron chi connectivity index (χ1n) is 5.73. The van der Waals surface area contributed by atoms with Crippen LogP contribution in [0.25, 0.3) is 0 Å². The predicted octanol–water partition coefficient (Wildman–Crippen LogP) is 0.353. The van der Waals surface area contributed by atoms with Crippen LogP contribution in [0.2, 0.25) is 0 Å². The van der Waals surface area contributed by atoms with Gasteiger partial charge in [0, 0.05) is 32.9 Å². The molecule has 1 aromatic heterocycles. The van der Waals surface area contributed by atoms with Crippen molar-refractivity contribution in [1.82, 2.24) is 9.97 Å². The smallest absolute Gasteiger partial charge is 0.224 e. The van der Waals surface area contributed by atoms with E-state index in [-0.39, 0.29) is 6.61 Å². The second kappa shape index (κ2) is 7.81. The first kappa shape index (κ1) is 13.7. The zero-order valence-electron chi connectivity index (χ0n) is 10.4. The van der Waals surface area contributed by atoms with E-state index in [9.17, 15) is 0 Å². The SMILES string of the molecule is CCNc1nccc(N(CCO)CCOC)n1. The van der Waals surface area contributed by atoms with E-state index < -0.39 is 0 Å². The summed E-state index contributed by atoms with van der Waals surface area (Å²) in [5.74, 6) is 1.40. The maximum absolute atomic E-state index is 9.03. The number of anilines is 2. The van der Waals surface area contributed by atoms with E-state index in [4.69, 9.17) is 9.84 Å². The molecule has 0 aliphatic heterocycles. The van der Waals surface area contributed by atoms with Crippen molar-refractivity contribution in [2.75, 3.05) is 50.2 Å². The third-order valence-electron chi connectivity index (χ3n) is 2.24. The van der Waals surface area contributed by atoms with Gasteiger partial charge in [0.25, 0.3) is 0 Å². The first-order valence-corrected chi connectivity index (χ1v) is 5.73. The first-order chi connectivity index (χ1) is 8.31. The van der Waals surface area contributed by atoms with Crippen LogP contribution in [-0.4, -0.2) is 55.0 Å². The lowest BCUT2D eigenvalue weighted by atomic mass is 10.4. The highest BCUT2D eigenvalue weighted by Gasteiger charge is 2.08. The number of rotatable bonds is 8. The van der Waals surface area contributed by atoms with E-state index in [0.717, 1.165) is 12.4 Å². The molecule has 0 fully saturated rings. The standard InChI is InChI=1S/C11H20N4O2/c1-3-12-11-13-5-4-10(14-11)15(6-8-16)7-9-17-2/h4-5,16H,3,6-9H2,1-2H3,(H,12,13,14). The topological polar surface area (TPSA) is 70.5 Å². The molecule has 1 heterocycles. The number of nitrogens with zero attached hydrogens (tertiary/aromatic N) is 3. The van der Waals surface area contributed by atoms with E-state index >= 15 is 0 Å². The Balaban J connectivity index is 2.73. The van der Waals surface area contributed by atoms with Gasteiger partial charge in [0.05, 0.1) is 13.2 Å². The summed E-state index contributed by atoms with van der Waals surface area (Å²) in [5.41, 5.74) is 0. The molecule has 1 aromatic rings. The average Bonchev–Trinajstić information content (AvgIpc) is 2.35. The molecule has 6 nitrogen and oxygen atoms in total. The van der Waals surface area contributed by atoms with Crippen LogP contribution in [-0.2, 0) is 4.74 Å². The lowest BCUT2D eigenvalue weighted by molar-refractivity contribution is 0.202. The number of ether oxygens (including phenoxy) is 1. The van der Waals surface area contributed by atoms with Crippen LogP contribution in [0.3, 0.4) is 0 Å². The molecule has 0 aliphatic rings. The van der Waals surface area contributed by atoms with Crippen LogP contribution in [0.5, 0.6) is 0 Å². The number of aliphatic hydroxyl groups is 1. The third-order valence-corrected chi connectivity index (χ3v) is 2.24. The molecule has 17 heavy (non-hydrogen) atoms. The Kier molecular flexibility index (Phi) is 6.27. The monoisotopic (exact) mass is 240 g/mol. The summed E-state index contributed by atoms with van der Waals surface area (Å²) in [5, 5.41) is 12.1. The van der Waals surface area contributed by atoms with Crippen LogP contribution >= 0.6 is 0 Å². The van der Waals surface area contributed by atoms with Crippen molar-refractivity contribution in [2.24, 2.45) is 0 Å². The Morgan fingerprint density at radius 1 is 1.47 bits per heavy atom. The Labute approximate surface area is 102 Å². The van der Waals surface area contributed by atoms with Crippen molar-refractivity contribution >= 4 is 11.8 Å². The van der Waals surface area contributed by atoms with Gasteiger partial charge in [-0.3, -0.25) is 0 Å². The van der Waals surface area contributed by atoms with Gasteiger partial charge in [-0.25, -0.2) is 4.98 Å². The summed E-state index contributed by atoms with van der Waals surface area (Å²) in [4.78, 5) is 10.4. The van der Waals surface area contributed by atoms with Crippen molar-refractivity contribution in [3.8, 4) is 0 Å². The van der Waals surface area contributed by atoms with Gasteiger partial charge < -0.3 is 20.1 Å². The lowest BCUT2D eigenvalue weighted by Crippen LogP contribution is -2.31. The number of aromatic nitrogens is 2. The molecule has 0 radical (unpaired) electrons. The van der Waals surface area contributed by atoms with Gasteiger partial charge in [0.1, 0.15) is 5.82 Å². The molecule has 0 atom stereocenters. The summed E-state index contributed by atoms with van der Waals surface area (Å²) >= 11 is 0. The molecule has 0 aliphatic carbocycles. The van der Waals surface area contributed by atoms with Crippen molar-refractivity contribution in [3.63, 3.8) is 0 Å². The van der Waals surface area contributed by atoms with E-state index in [1.807, 2.05) is 17.9 Å². The second-order valence-corrected chi connectivity index (χ2v) is 3.47. The minimum absolute atomic E-state index is 0.0876. The number of methoxy groups -OCH3 is 1. The molecule has 6 heteroatoms. The highest BCUT2D eigenvalue weighted by molar-refractivity contribution is 5.42. The maximum Gasteiger partial charge on any atom is 0.224 e. The van der Waals surface area contributed by atoms with Gasteiger partial charge >= 0.3 is 0 Å². The molecular formula is C11H20N4O2. The Bertz CT molecular complexity index is 322. The minimum atomic E-state index is 0.0876. The quantitative estimate of drug-likeness (QED) is 0.683. The van der Waals surface area contributed by atoms with Crippen molar-refractivity contribution in [3.05, 3.63) is 12.3 Å². The Hall–Kier alpha value is -1.40. The fraction of sp³-hybridized carbons (Fsp3) is 0.636. The van der Waals surface area contributed by atoms with Gasteiger partial charge in [-0.2, -0.15) is 4.98 Å². The maximum atomic E-state index is 9.03. The van der Waals surface area contributed by atoms with Gasteiger partial charge in [-0.1, -0.05) is 0 Å². The number of hydrogen-bond acceptors (Lipinski definition) is 6. The number of hydrogen-bond donors (Lipinski definition) is 2. The molecule has 0 spiro atoms. The zero-order chi connectivity index (χ0) is 12.5. The summed E-state index contributed by atoms with van der Waals surface area (Å²) < 4.78 is 5.04. The third kappa shape index (κ3) is 4.54. The zero-order valence-corrected chi connectivity index (χ0v) is 10.4.